The van der Waals surface area contributed by atoms with Crippen LogP contribution in [0.25, 0.3) is 0 Å². The average Bonchev–Trinajstić information content (AvgIpc) is 2.80. The van der Waals surface area contributed by atoms with Gasteiger partial charge in [0.1, 0.15) is 12.4 Å². The van der Waals surface area contributed by atoms with E-state index in [1.54, 1.807) is 28.6 Å². The molecular formula is C23H31N3O4S. The van der Waals surface area contributed by atoms with E-state index in [2.05, 4.69) is 5.32 Å². The first kappa shape index (κ1) is 23.2. The van der Waals surface area contributed by atoms with Crippen LogP contribution in [0.5, 0.6) is 5.75 Å². The van der Waals surface area contributed by atoms with Gasteiger partial charge >= 0.3 is 0 Å². The van der Waals surface area contributed by atoms with Gasteiger partial charge in [-0.3, -0.25) is 9.69 Å². The molecule has 1 aliphatic heterocycles. The van der Waals surface area contributed by atoms with E-state index in [1.807, 2.05) is 49.2 Å². The SMILES string of the molecule is CC(C(=O)Nc1ccc(S(=O)(=O)N2CCCCC2)cc1)N(C)CCOc1ccccc1. The second-order valence-corrected chi connectivity index (χ2v) is 9.73. The van der Waals surface area contributed by atoms with Crippen molar-refractivity contribution >= 4 is 21.6 Å². The van der Waals surface area contributed by atoms with Gasteiger partial charge in [0, 0.05) is 25.3 Å². The van der Waals surface area contributed by atoms with Gasteiger partial charge in [-0.2, -0.15) is 4.31 Å². The maximum Gasteiger partial charge on any atom is 0.243 e. The Morgan fingerprint density at radius 2 is 1.71 bits per heavy atom. The summed E-state index contributed by atoms with van der Waals surface area (Å²) in [7, 11) is -1.60. The Kier molecular flexibility index (Phi) is 8.06. The largest absolute Gasteiger partial charge is 0.492 e. The van der Waals surface area contributed by atoms with Crippen LogP contribution in [-0.4, -0.2) is 62.9 Å². The van der Waals surface area contributed by atoms with Crippen LogP contribution in [0, 0.1) is 0 Å². The van der Waals surface area contributed by atoms with Crippen molar-refractivity contribution in [3.05, 3.63) is 54.6 Å². The zero-order valence-corrected chi connectivity index (χ0v) is 19.0. The predicted octanol–water partition coefficient (Wildman–Crippen LogP) is 3.20. The molecule has 0 aliphatic carbocycles. The highest BCUT2D eigenvalue weighted by Gasteiger charge is 2.26. The highest BCUT2D eigenvalue weighted by molar-refractivity contribution is 7.89. The summed E-state index contributed by atoms with van der Waals surface area (Å²) in [5, 5.41) is 2.86. The zero-order valence-electron chi connectivity index (χ0n) is 18.2. The normalized spacial score (nSPS) is 16.1. The number of piperidine rings is 1. The highest BCUT2D eigenvalue weighted by atomic mass is 32.2. The van der Waals surface area contributed by atoms with E-state index >= 15 is 0 Å². The molecule has 1 heterocycles. The Bertz CT molecular complexity index is 943. The first-order chi connectivity index (χ1) is 14.9. The zero-order chi connectivity index (χ0) is 22.3. The van der Waals surface area contributed by atoms with Crippen molar-refractivity contribution in [3.63, 3.8) is 0 Å². The molecule has 1 fully saturated rings. The number of para-hydroxylation sites is 1. The third kappa shape index (κ3) is 6.29. The molecule has 0 bridgehead atoms. The van der Waals surface area contributed by atoms with Crippen LogP contribution in [0.15, 0.2) is 59.5 Å². The monoisotopic (exact) mass is 445 g/mol. The van der Waals surface area contributed by atoms with Crippen molar-refractivity contribution < 1.29 is 17.9 Å². The molecule has 3 rings (SSSR count). The van der Waals surface area contributed by atoms with Crippen LogP contribution in [0.4, 0.5) is 5.69 Å². The van der Waals surface area contributed by atoms with E-state index in [0.717, 1.165) is 25.0 Å². The van der Waals surface area contributed by atoms with E-state index in [9.17, 15) is 13.2 Å². The molecule has 1 amide bonds. The first-order valence-corrected chi connectivity index (χ1v) is 12.1. The number of sulfonamides is 1. The van der Waals surface area contributed by atoms with Crippen molar-refractivity contribution in [3.8, 4) is 5.75 Å². The Labute approximate surface area is 185 Å². The van der Waals surface area contributed by atoms with Crippen molar-refractivity contribution in [2.75, 3.05) is 38.6 Å². The Morgan fingerprint density at radius 1 is 1.06 bits per heavy atom. The first-order valence-electron chi connectivity index (χ1n) is 10.7. The number of nitrogens with one attached hydrogen (secondary N) is 1. The van der Waals surface area contributed by atoms with Gasteiger partial charge in [-0.05, 0) is 63.2 Å². The number of hydrogen-bond acceptors (Lipinski definition) is 5. The number of amides is 1. The molecule has 168 valence electrons. The summed E-state index contributed by atoms with van der Waals surface area (Å²) in [6.45, 7) is 4.03. The van der Waals surface area contributed by atoms with Crippen LogP contribution in [0.3, 0.4) is 0 Å². The van der Waals surface area contributed by atoms with Gasteiger partial charge in [0.2, 0.25) is 15.9 Å². The number of hydrogen-bond donors (Lipinski definition) is 1. The lowest BCUT2D eigenvalue weighted by Gasteiger charge is -2.26. The average molecular weight is 446 g/mol. The van der Waals surface area contributed by atoms with Gasteiger partial charge in [0.25, 0.3) is 0 Å². The molecule has 1 N–H and O–H groups in total. The quantitative estimate of drug-likeness (QED) is 0.641. The topological polar surface area (TPSA) is 79.0 Å². The molecular weight excluding hydrogens is 414 g/mol. The van der Waals surface area contributed by atoms with Gasteiger partial charge in [-0.15, -0.1) is 0 Å². The van der Waals surface area contributed by atoms with E-state index in [1.165, 1.54) is 0 Å². The number of nitrogens with zero attached hydrogens (tertiary/aromatic N) is 2. The molecule has 7 nitrogen and oxygen atoms in total. The van der Waals surface area contributed by atoms with Crippen molar-refractivity contribution in [1.29, 1.82) is 0 Å². The molecule has 1 atom stereocenters. The summed E-state index contributed by atoms with van der Waals surface area (Å²) < 4.78 is 32.7. The lowest BCUT2D eigenvalue weighted by atomic mass is 10.2. The number of benzene rings is 2. The smallest absolute Gasteiger partial charge is 0.243 e. The fourth-order valence-corrected chi connectivity index (χ4v) is 4.95. The number of ether oxygens (including phenoxy) is 1. The fraction of sp³-hybridized carbons (Fsp3) is 0.435. The third-order valence-corrected chi connectivity index (χ3v) is 7.48. The molecule has 1 saturated heterocycles. The molecule has 1 aliphatic rings. The maximum atomic E-state index is 12.7. The van der Waals surface area contributed by atoms with Crippen LogP contribution >= 0.6 is 0 Å². The Morgan fingerprint density at radius 3 is 2.35 bits per heavy atom. The summed E-state index contributed by atoms with van der Waals surface area (Å²) in [5.74, 6) is 0.640. The minimum Gasteiger partial charge on any atom is -0.492 e. The molecule has 31 heavy (non-hydrogen) atoms. The van der Waals surface area contributed by atoms with Gasteiger partial charge in [-0.25, -0.2) is 8.42 Å². The van der Waals surface area contributed by atoms with E-state index in [0.29, 0.717) is 31.9 Å². The van der Waals surface area contributed by atoms with Crippen LogP contribution < -0.4 is 10.1 Å². The number of rotatable bonds is 9. The maximum absolute atomic E-state index is 12.7. The van der Waals surface area contributed by atoms with Crippen LogP contribution in [0.2, 0.25) is 0 Å². The van der Waals surface area contributed by atoms with Gasteiger partial charge in [-0.1, -0.05) is 24.6 Å². The van der Waals surface area contributed by atoms with Crippen molar-refractivity contribution in [2.24, 2.45) is 0 Å². The second-order valence-electron chi connectivity index (χ2n) is 7.80. The predicted molar refractivity (Wildman–Crippen MR) is 122 cm³/mol. The lowest BCUT2D eigenvalue weighted by Crippen LogP contribution is -2.41. The van der Waals surface area contributed by atoms with E-state index in [4.69, 9.17) is 4.74 Å². The molecule has 0 saturated carbocycles. The Balaban J connectivity index is 1.51. The van der Waals surface area contributed by atoms with Gasteiger partial charge in [0.15, 0.2) is 0 Å². The van der Waals surface area contributed by atoms with Gasteiger partial charge < -0.3 is 10.1 Å². The molecule has 8 heteroatoms. The van der Waals surface area contributed by atoms with Crippen LogP contribution in [0.1, 0.15) is 26.2 Å². The molecule has 2 aromatic rings. The molecule has 2 aromatic carbocycles. The summed E-state index contributed by atoms with van der Waals surface area (Å²) in [6, 6.07) is 15.6. The summed E-state index contributed by atoms with van der Waals surface area (Å²) >= 11 is 0. The molecule has 1 unspecified atom stereocenters. The summed E-state index contributed by atoms with van der Waals surface area (Å²) in [6.07, 6.45) is 2.87. The molecule has 0 radical (unpaired) electrons. The van der Waals surface area contributed by atoms with Gasteiger partial charge in [0.05, 0.1) is 10.9 Å². The minimum atomic E-state index is -3.47. The molecule has 0 spiro atoms. The standard InChI is InChI=1S/C23H31N3O4S/c1-19(25(2)17-18-30-21-9-5-3-6-10-21)23(27)24-20-11-13-22(14-12-20)31(28,29)26-15-7-4-8-16-26/h3,5-6,9-14,19H,4,7-8,15-18H2,1-2H3,(H,24,27). The number of anilines is 1. The van der Waals surface area contributed by atoms with E-state index in [-0.39, 0.29) is 16.8 Å². The van der Waals surface area contributed by atoms with E-state index < -0.39 is 10.0 Å². The highest BCUT2D eigenvalue weighted by Crippen LogP contribution is 2.22. The number of carbonyl (C=O) groups excluding carboxylic acids is 1. The van der Waals surface area contributed by atoms with Crippen molar-refractivity contribution in [1.82, 2.24) is 9.21 Å². The molecule has 0 aromatic heterocycles. The fourth-order valence-electron chi connectivity index (χ4n) is 3.43. The van der Waals surface area contributed by atoms with Crippen molar-refractivity contribution in [2.45, 2.75) is 37.1 Å². The number of likely N-dealkylation sites (N-methyl/N-ethyl adjacent to an activating group) is 1. The minimum absolute atomic E-state index is 0.158. The second kappa shape index (κ2) is 10.7. The summed E-state index contributed by atoms with van der Waals surface area (Å²) in [5.41, 5.74) is 0.573. The lowest BCUT2D eigenvalue weighted by molar-refractivity contribution is -0.120. The number of carbonyl (C=O) groups is 1. The summed E-state index contributed by atoms with van der Waals surface area (Å²) in [4.78, 5) is 14.8. The third-order valence-electron chi connectivity index (χ3n) is 5.57. The van der Waals surface area contributed by atoms with Crippen LogP contribution in [-0.2, 0) is 14.8 Å². The Hall–Kier alpha value is -2.42.